The minimum absolute atomic E-state index is 0.0221. The maximum atomic E-state index is 12.7. The van der Waals surface area contributed by atoms with Crippen molar-refractivity contribution in [2.75, 3.05) is 42.3 Å². The van der Waals surface area contributed by atoms with Crippen LogP contribution < -0.4 is 9.62 Å². The molecule has 1 aromatic carbocycles. The molecular formula is C22H27ClN4O4S. The van der Waals surface area contributed by atoms with E-state index in [1.54, 1.807) is 12.1 Å². The molecule has 0 aliphatic carbocycles. The standard InChI is InChI=1S/C22H27ClN4O4S/c23-19-7-1-2-8-20(19)32(30,31)25-17-12-18(22(28)29)21(24-13-17)27-11-5-6-16(15-27)14-26-9-3-4-10-26/h1-2,7-8,12-13,16,25H,3-6,9-11,14-15H2,(H,28,29)/t16-/m0/s1. The number of carboxylic acids is 1. The first-order valence-corrected chi connectivity index (χ1v) is 12.7. The van der Waals surface area contributed by atoms with E-state index in [4.69, 9.17) is 11.6 Å². The van der Waals surface area contributed by atoms with Crippen LogP contribution in [0, 0.1) is 5.92 Å². The van der Waals surface area contributed by atoms with Gasteiger partial charge in [0, 0.05) is 19.6 Å². The van der Waals surface area contributed by atoms with E-state index >= 15 is 0 Å². The molecule has 0 bridgehead atoms. The van der Waals surface area contributed by atoms with Gasteiger partial charge in [-0.3, -0.25) is 4.72 Å². The van der Waals surface area contributed by atoms with Crippen molar-refractivity contribution in [1.29, 1.82) is 0 Å². The Balaban J connectivity index is 1.54. The van der Waals surface area contributed by atoms with Gasteiger partial charge in [0.05, 0.1) is 16.9 Å². The van der Waals surface area contributed by atoms with E-state index < -0.39 is 16.0 Å². The number of sulfonamides is 1. The fraction of sp³-hybridized carbons (Fsp3) is 0.455. The van der Waals surface area contributed by atoms with E-state index in [1.807, 2.05) is 4.90 Å². The molecule has 172 valence electrons. The van der Waals surface area contributed by atoms with Gasteiger partial charge < -0.3 is 14.9 Å². The maximum absolute atomic E-state index is 12.7. The van der Waals surface area contributed by atoms with Crippen LogP contribution in [-0.2, 0) is 10.0 Å². The van der Waals surface area contributed by atoms with Gasteiger partial charge in [0.25, 0.3) is 10.0 Å². The van der Waals surface area contributed by atoms with Crippen LogP contribution in [0.5, 0.6) is 0 Å². The number of rotatable bonds is 7. The van der Waals surface area contributed by atoms with Gasteiger partial charge in [0.1, 0.15) is 16.3 Å². The summed E-state index contributed by atoms with van der Waals surface area (Å²) < 4.78 is 27.8. The molecule has 2 saturated heterocycles. The van der Waals surface area contributed by atoms with Crippen LogP contribution in [0.4, 0.5) is 11.5 Å². The van der Waals surface area contributed by atoms with Gasteiger partial charge in [-0.1, -0.05) is 23.7 Å². The molecule has 32 heavy (non-hydrogen) atoms. The summed E-state index contributed by atoms with van der Waals surface area (Å²) in [6, 6.07) is 7.40. The van der Waals surface area contributed by atoms with Gasteiger partial charge in [-0.2, -0.15) is 0 Å². The van der Waals surface area contributed by atoms with Gasteiger partial charge in [0.2, 0.25) is 0 Å². The summed E-state index contributed by atoms with van der Waals surface area (Å²) in [7, 11) is -3.98. The Morgan fingerprint density at radius 2 is 1.94 bits per heavy atom. The fourth-order valence-electron chi connectivity index (χ4n) is 4.53. The lowest BCUT2D eigenvalue weighted by atomic mass is 9.97. The Bertz CT molecular complexity index is 1090. The Labute approximate surface area is 193 Å². The van der Waals surface area contributed by atoms with Gasteiger partial charge in [-0.05, 0) is 62.9 Å². The molecule has 1 aromatic heterocycles. The van der Waals surface area contributed by atoms with Crippen LogP contribution in [0.1, 0.15) is 36.0 Å². The molecule has 2 fully saturated rings. The van der Waals surface area contributed by atoms with Crippen LogP contribution in [0.2, 0.25) is 5.02 Å². The van der Waals surface area contributed by atoms with Crippen LogP contribution in [0.25, 0.3) is 0 Å². The Kier molecular flexibility index (Phi) is 6.88. The number of carboxylic acid groups (broad SMARTS) is 1. The molecule has 3 heterocycles. The topological polar surface area (TPSA) is 103 Å². The van der Waals surface area contributed by atoms with Gasteiger partial charge in [-0.15, -0.1) is 0 Å². The molecule has 10 heteroatoms. The molecule has 2 aromatic rings. The summed E-state index contributed by atoms with van der Waals surface area (Å²) in [6.07, 6.45) is 5.94. The molecule has 2 N–H and O–H groups in total. The second kappa shape index (κ2) is 9.64. The van der Waals surface area contributed by atoms with E-state index in [0.29, 0.717) is 11.7 Å². The van der Waals surface area contributed by atoms with Crippen molar-refractivity contribution in [3.8, 4) is 0 Å². The smallest absolute Gasteiger partial charge is 0.339 e. The van der Waals surface area contributed by atoms with Gasteiger partial charge >= 0.3 is 5.97 Å². The normalized spacial score (nSPS) is 19.8. The second-order valence-electron chi connectivity index (χ2n) is 8.40. The number of anilines is 2. The molecule has 4 rings (SSSR count). The highest BCUT2D eigenvalue weighted by molar-refractivity contribution is 7.92. The van der Waals surface area contributed by atoms with Crippen molar-refractivity contribution in [2.24, 2.45) is 5.92 Å². The maximum Gasteiger partial charge on any atom is 0.339 e. The highest BCUT2D eigenvalue weighted by Gasteiger charge is 2.27. The molecule has 0 unspecified atom stereocenters. The molecule has 0 amide bonds. The first-order chi connectivity index (χ1) is 15.3. The number of aromatic nitrogens is 1. The number of aromatic carboxylic acids is 1. The zero-order valence-electron chi connectivity index (χ0n) is 17.7. The van der Waals surface area contributed by atoms with Crippen molar-refractivity contribution in [3.63, 3.8) is 0 Å². The Morgan fingerprint density at radius 1 is 1.19 bits per heavy atom. The fourth-order valence-corrected chi connectivity index (χ4v) is 6.09. The average molecular weight is 479 g/mol. The number of nitrogens with zero attached hydrogens (tertiary/aromatic N) is 3. The minimum Gasteiger partial charge on any atom is -0.478 e. The van der Waals surface area contributed by atoms with Crippen LogP contribution in [-0.4, -0.2) is 62.1 Å². The third-order valence-corrected chi connectivity index (χ3v) is 7.89. The van der Waals surface area contributed by atoms with Crippen molar-refractivity contribution >= 4 is 39.1 Å². The van der Waals surface area contributed by atoms with E-state index in [2.05, 4.69) is 14.6 Å². The number of carbonyl (C=O) groups is 1. The summed E-state index contributed by atoms with van der Waals surface area (Å²) in [5.74, 6) is -0.305. The monoisotopic (exact) mass is 478 g/mol. The summed E-state index contributed by atoms with van der Waals surface area (Å²) in [5, 5.41) is 9.89. The molecule has 8 nitrogen and oxygen atoms in total. The second-order valence-corrected chi connectivity index (χ2v) is 10.5. The number of piperidine rings is 1. The van der Waals surface area contributed by atoms with Crippen molar-refractivity contribution in [2.45, 2.75) is 30.6 Å². The number of nitrogens with one attached hydrogen (secondary N) is 1. The van der Waals surface area contributed by atoms with Crippen molar-refractivity contribution in [1.82, 2.24) is 9.88 Å². The molecule has 0 spiro atoms. The van der Waals surface area contributed by atoms with Crippen LogP contribution >= 0.6 is 11.6 Å². The highest BCUT2D eigenvalue weighted by atomic mass is 35.5. The van der Waals surface area contributed by atoms with Crippen molar-refractivity contribution < 1.29 is 18.3 Å². The first kappa shape index (κ1) is 22.8. The summed E-state index contributed by atoms with van der Waals surface area (Å²) in [6.45, 7) is 4.77. The Morgan fingerprint density at radius 3 is 2.66 bits per heavy atom. The van der Waals surface area contributed by atoms with Gasteiger partial charge in [0.15, 0.2) is 0 Å². The molecule has 0 saturated carbocycles. The van der Waals surface area contributed by atoms with Crippen molar-refractivity contribution in [3.05, 3.63) is 47.1 Å². The molecule has 0 radical (unpaired) electrons. The number of benzene rings is 1. The number of likely N-dealkylation sites (tertiary alicyclic amines) is 1. The van der Waals surface area contributed by atoms with E-state index in [0.717, 1.165) is 45.6 Å². The van der Waals surface area contributed by atoms with Gasteiger partial charge in [-0.25, -0.2) is 18.2 Å². The highest BCUT2D eigenvalue weighted by Crippen LogP contribution is 2.29. The zero-order valence-corrected chi connectivity index (χ0v) is 19.3. The largest absolute Gasteiger partial charge is 0.478 e. The molecule has 2 aliphatic rings. The van der Waals surface area contributed by atoms with E-state index in [-0.39, 0.29) is 21.2 Å². The number of pyridine rings is 1. The summed E-state index contributed by atoms with van der Waals surface area (Å²) in [4.78, 5) is 20.8. The zero-order chi connectivity index (χ0) is 22.7. The predicted octanol–water partition coefficient (Wildman–Crippen LogP) is 3.55. The van der Waals surface area contributed by atoms with Crippen LogP contribution in [0.3, 0.4) is 0 Å². The number of hydrogen-bond donors (Lipinski definition) is 2. The SMILES string of the molecule is O=C(O)c1cc(NS(=O)(=O)c2ccccc2Cl)cnc1N1CCC[C@@H](CN2CCCC2)C1. The average Bonchev–Trinajstić information content (AvgIpc) is 3.27. The lowest BCUT2D eigenvalue weighted by Gasteiger charge is -2.36. The third-order valence-electron chi connectivity index (χ3n) is 6.01. The number of hydrogen-bond acceptors (Lipinski definition) is 6. The molecule has 1 atom stereocenters. The lowest BCUT2D eigenvalue weighted by Crippen LogP contribution is -2.41. The first-order valence-electron chi connectivity index (χ1n) is 10.8. The summed E-state index contributed by atoms with van der Waals surface area (Å²) >= 11 is 6.02. The Hall–Kier alpha value is -2.36. The minimum atomic E-state index is -3.98. The lowest BCUT2D eigenvalue weighted by molar-refractivity contribution is 0.0697. The van der Waals surface area contributed by atoms with E-state index in [9.17, 15) is 18.3 Å². The molecule has 2 aliphatic heterocycles. The third kappa shape index (κ3) is 5.16. The van der Waals surface area contributed by atoms with E-state index in [1.165, 1.54) is 37.2 Å². The quantitative estimate of drug-likeness (QED) is 0.627. The molecular weight excluding hydrogens is 452 g/mol. The number of halogens is 1. The summed E-state index contributed by atoms with van der Waals surface area (Å²) in [5.41, 5.74) is 0.0582. The van der Waals surface area contributed by atoms with Crippen LogP contribution in [0.15, 0.2) is 41.4 Å². The predicted molar refractivity (Wildman–Crippen MR) is 124 cm³/mol.